The van der Waals surface area contributed by atoms with Crippen LogP contribution in [0.3, 0.4) is 0 Å². The highest BCUT2D eigenvalue weighted by Crippen LogP contribution is 2.26. The van der Waals surface area contributed by atoms with Gasteiger partial charge in [-0.2, -0.15) is 0 Å². The molecular weight excluding hydrogens is 246 g/mol. The van der Waals surface area contributed by atoms with Gasteiger partial charge in [-0.1, -0.05) is 20.3 Å². The fourth-order valence-electron chi connectivity index (χ4n) is 2.60. The molecule has 1 aliphatic rings. The third-order valence-electron chi connectivity index (χ3n) is 4.15. The normalized spacial score (nSPS) is 25.4. The van der Waals surface area contributed by atoms with Crippen LogP contribution in [0.25, 0.3) is 0 Å². The topological polar surface area (TPSA) is 15.3 Å². The predicted octanol–water partition coefficient (Wildman–Crippen LogP) is 3.18. The van der Waals surface area contributed by atoms with Gasteiger partial charge in [0.2, 0.25) is 0 Å². The monoisotopic (exact) mass is 268 g/mol. The van der Waals surface area contributed by atoms with Crippen LogP contribution in [0.2, 0.25) is 0 Å². The molecular formula is C15H22F2N2. The van der Waals surface area contributed by atoms with Gasteiger partial charge in [0.1, 0.15) is 11.6 Å². The van der Waals surface area contributed by atoms with Gasteiger partial charge in [-0.3, -0.25) is 0 Å². The molecule has 0 bridgehead atoms. The van der Waals surface area contributed by atoms with Crippen LogP contribution >= 0.6 is 0 Å². The minimum atomic E-state index is -0.387. The van der Waals surface area contributed by atoms with E-state index < -0.39 is 0 Å². The third kappa shape index (κ3) is 3.06. The molecule has 0 spiro atoms. The van der Waals surface area contributed by atoms with Crippen LogP contribution in [0.1, 0.15) is 27.2 Å². The van der Waals surface area contributed by atoms with Crippen molar-refractivity contribution in [3.05, 3.63) is 29.8 Å². The average Bonchev–Trinajstić information content (AvgIpc) is 2.41. The molecule has 3 unspecified atom stereocenters. The zero-order valence-electron chi connectivity index (χ0n) is 11.8. The van der Waals surface area contributed by atoms with Crippen molar-refractivity contribution in [1.29, 1.82) is 0 Å². The van der Waals surface area contributed by atoms with E-state index in [-0.39, 0.29) is 17.7 Å². The molecule has 0 amide bonds. The summed E-state index contributed by atoms with van der Waals surface area (Å²) in [5, 5.41) is 3.50. The molecule has 1 aliphatic heterocycles. The van der Waals surface area contributed by atoms with Gasteiger partial charge in [0, 0.05) is 31.2 Å². The summed E-state index contributed by atoms with van der Waals surface area (Å²) in [6, 6.07) is 4.15. The predicted molar refractivity (Wildman–Crippen MR) is 74.4 cm³/mol. The number of rotatable bonds is 3. The van der Waals surface area contributed by atoms with E-state index in [1.807, 2.05) is 11.8 Å². The van der Waals surface area contributed by atoms with E-state index in [2.05, 4.69) is 19.2 Å². The molecule has 1 N–H and O–H groups in total. The van der Waals surface area contributed by atoms with Crippen molar-refractivity contribution in [3.8, 4) is 0 Å². The molecule has 3 atom stereocenters. The molecule has 1 heterocycles. The maximum Gasteiger partial charge on any atom is 0.146 e. The van der Waals surface area contributed by atoms with Crippen molar-refractivity contribution in [2.75, 3.05) is 18.0 Å². The van der Waals surface area contributed by atoms with Gasteiger partial charge in [0.05, 0.1) is 5.69 Å². The third-order valence-corrected chi connectivity index (χ3v) is 4.15. The van der Waals surface area contributed by atoms with Gasteiger partial charge in [-0.15, -0.1) is 0 Å². The van der Waals surface area contributed by atoms with Gasteiger partial charge >= 0.3 is 0 Å². The van der Waals surface area contributed by atoms with Crippen LogP contribution in [-0.4, -0.2) is 25.2 Å². The summed E-state index contributed by atoms with van der Waals surface area (Å²) in [5.74, 6) is -0.216. The van der Waals surface area contributed by atoms with E-state index in [1.54, 1.807) is 0 Å². The number of nitrogens with zero attached hydrogens (tertiary/aromatic N) is 1. The lowest BCUT2D eigenvalue weighted by Gasteiger charge is -2.42. The van der Waals surface area contributed by atoms with Crippen molar-refractivity contribution in [2.24, 2.45) is 5.92 Å². The second-order valence-electron chi connectivity index (χ2n) is 5.50. The van der Waals surface area contributed by atoms with Crippen LogP contribution in [-0.2, 0) is 0 Å². The zero-order valence-corrected chi connectivity index (χ0v) is 11.8. The van der Waals surface area contributed by atoms with Gasteiger partial charge in [-0.05, 0) is 25.0 Å². The molecule has 2 rings (SSSR count). The molecule has 0 saturated carbocycles. The molecule has 0 aromatic heterocycles. The van der Waals surface area contributed by atoms with E-state index in [1.165, 1.54) is 12.1 Å². The molecule has 2 nitrogen and oxygen atoms in total. The highest BCUT2D eigenvalue weighted by Gasteiger charge is 2.29. The summed E-state index contributed by atoms with van der Waals surface area (Å²) in [6.45, 7) is 7.89. The lowest BCUT2D eigenvalue weighted by molar-refractivity contribution is 0.314. The van der Waals surface area contributed by atoms with Gasteiger partial charge in [-0.25, -0.2) is 8.78 Å². The standard InChI is InChI=1S/C15H22F2N2/c1-4-10(2)14-9-19(11(3)8-18-14)15-7-12(16)5-6-13(15)17/h5-7,10-11,14,18H,4,8-9H2,1-3H3. The van der Waals surface area contributed by atoms with Crippen LogP contribution in [0.5, 0.6) is 0 Å². The Hall–Kier alpha value is -1.16. The molecule has 4 heteroatoms. The average molecular weight is 268 g/mol. The summed E-state index contributed by atoms with van der Waals surface area (Å²) in [4.78, 5) is 1.98. The first-order valence-electron chi connectivity index (χ1n) is 6.98. The Morgan fingerprint density at radius 3 is 2.84 bits per heavy atom. The summed E-state index contributed by atoms with van der Waals surface area (Å²) in [7, 11) is 0. The van der Waals surface area contributed by atoms with Gasteiger partial charge in [0.25, 0.3) is 0 Å². The molecule has 0 aliphatic carbocycles. The van der Waals surface area contributed by atoms with Gasteiger partial charge < -0.3 is 10.2 Å². The Morgan fingerprint density at radius 1 is 1.42 bits per heavy atom. The lowest BCUT2D eigenvalue weighted by atomic mass is 9.95. The highest BCUT2D eigenvalue weighted by molar-refractivity contribution is 5.49. The summed E-state index contributed by atoms with van der Waals surface area (Å²) in [6.07, 6.45) is 1.07. The summed E-state index contributed by atoms with van der Waals surface area (Å²) < 4.78 is 27.3. The first-order valence-corrected chi connectivity index (χ1v) is 6.98. The minimum Gasteiger partial charge on any atom is -0.364 e. The Labute approximate surface area is 113 Å². The molecule has 0 radical (unpaired) electrons. The lowest BCUT2D eigenvalue weighted by Crippen LogP contribution is -2.57. The molecule has 1 aromatic rings. The Balaban J connectivity index is 2.23. The number of halogens is 2. The Kier molecular flexibility index (Phi) is 4.40. The van der Waals surface area contributed by atoms with E-state index >= 15 is 0 Å². The smallest absolute Gasteiger partial charge is 0.146 e. The Bertz CT molecular complexity index is 436. The van der Waals surface area contributed by atoms with Crippen LogP contribution < -0.4 is 10.2 Å². The number of piperazine rings is 1. The van der Waals surface area contributed by atoms with Crippen molar-refractivity contribution in [2.45, 2.75) is 39.3 Å². The first-order chi connectivity index (χ1) is 9.02. The van der Waals surface area contributed by atoms with Crippen molar-refractivity contribution >= 4 is 5.69 Å². The highest BCUT2D eigenvalue weighted by atomic mass is 19.1. The largest absolute Gasteiger partial charge is 0.364 e. The molecule has 1 aromatic carbocycles. The number of benzene rings is 1. The zero-order chi connectivity index (χ0) is 14.0. The van der Waals surface area contributed by atoms with E-state index in [4.69, 9.17) is 0 Å². The van der Waals surface area contributed by atoms with Crippen LogP contribution in [0.15, 0.2) is 18.2 Å². The molecule has 1 saturated heterocycles. The van der Waals surface area contributed by atoms with E-state index in [9.17, 15) is 8.78 Å². The molecule has 19 heavy (non-hydrogen) atoms. The van der Waals surface area contributed by atoms with Crippen molar-refractivity contribution in [1.82, 2.24) is 5.32 Å². The van der Waals surface area contributed by atoms with Crippen LogP contribution in [0.4, 0.5) is 14.5 Å². The first kappa shape index (κ1) is 14.3. The summed E-state index contributed by atoms with van der Waals surface area (Å²) >= 11 is 0. The minimum absolute atomic E-state index is 0.164. The fourth-order valence-corrected chi connectivity index (χ4v) is 2.60. The Morgan fingerprint density at radius 2 is 2.16 bits per heavy atom. The van der Waals surface area contributed by atoms with Gasteiger partial charge in [0.15, 0.2) is 0 Å². The van der Waals surface area contributed by atoms with E-state index in [0.717, 1.165) is 25.6 Å². The number of nitrogens with one attached hydrogen (secondary N) is 1. The van der Waals surface area contributed by atoms with Crippen molar-refractivity contribution < 1.29 is 8.78 Å². The van der Waals surface area contributed by atoms with E-state index in [0.29, 0.717) is 17.6 Å². The molecule has 106 valence electrons. The summed E-state index contributed by atoms with van der Waals surface area (Å²) in [5.41, 5.74) is 0.377. The fraction of sp³-hybridized carbons (Fsp3) is 0.600. The maximum atomic E-state index is 13.9. The quantitative estimate of drug-likeness (QED) is 0.905. The second-order valence-corrected chi connectivity index (χ2v) is 5.50. The van der Waals surface area contributed by atoms with Crippen molar-refractivity contribution in [3.63, 3.8) is 0 Å². The maximum absolute atomic E-state index is 13.9. The SMILES string of the molecule is CCC(C)C1CN(c2cc(F)ccc2F)C(C)CN1. The number of hydrogen-bond acceptors (Lipinski definition) is 2. The molecule has 1 fully saturated rings. The number of anilines is 1. The second kappa shape index (κ2) is 5.87. The van der Waals surface area contributed by atoms with Crippen LogP contribution in [0, 0.1) is 17.6 Å². The number of hydrogen-bond donors (Lipinski definition) is 1.